The molecular weight excluding hydrogens is 248 g/mol. The van der Waals surface area contributed by atoms with Crippen LogP contribution >= 0.6 is 0 Å². The summed E-state index contributed by atoms with van der Waals surface area (Å²) < 4.78 is 8.17. The Labute approximate surface area is 110 Å². The Hall–Kier alpha value is -2.38. The van der Waals surface area contributed by atoms with Gasteiger partial charge in [-0.3, -0.25) is 14.2 Å². The van der Waals surface area contributed by atoms with Crippen LogP contribution in [0, 0.1) is 13.8 Å². The van der Waals surface area contributed by atoms with E-state index in [0.29, 0.717) is 17.1 Å². The van der Waals surface area contributed by atoms with Crippen molar-refractivity contribution in [1.82, 2.24) is 24.8 Å². The van der Waals surface area contributed by atoms with Crippen molar-refractivity contribution in [2.75, 3.05) is 5.73 Å². The second kappa shape index (κ2) is 5.09. The fourth-order valence-electron chi connectivity index (χ4n) is 1.65. The first kappa shape index (κ1) is 13.1. The summed E-state index contributed by atoms with van der Waals surface area (Å²) in [5.74, 6) is -0.392. The van der Waals surface area contributed by atoms with Gasteiger partial charge in [0, 0.05) is 7.05 Å². The average molecular weight is 264 g/mol. The summed E-state index contributed by atoms with van der Waals surface area (Å²) in [5.41, 5.74) is 8.46. The molecule has 0 amide bonds. The molecule has 0 radical (unpaired) electrons. The first-order chi connectivity index (χ1) is 8.97. The van der Waals surface area contributed by atoms with Crippen LogP contribution in [0.25, 0.3) is 0 Å². The van der Waals surface area contributed by atoms with Gasteiger partial charge in [-0.25, -0.2) is 0 Å². The number of esters is 1. The lowest BCUT2D eigenvalue weighted by atomic mass is 10.3. The third-order valence-corrected chi connectivity index (χ3v) is 2.75. The standard InChI is InChI=1S/C11H16N6O2/c1-7-11(12)8(2)17(14-7)5-10(18)19-6-9-4-16(3)15-13-9/h4H,5-6,12H2,1-3H3. The Morgan fingerprint density at radius 2 is 2.21 bits per heavy atom. The Morgan fingerprint density at radius 1 is 1.47 bits per heavy atom. The third-order valence-electron chi connectivity index (χ3n) is 2.75. The smallest absolute Gasteiger partial charge is 0.328 e. The van der Waals surface area contributed by atoms with Crippen molar-refractivity contribution in [3.63, 3.8) is 0 Å². The van der Waals surface area contributed by atoms with Gasteiger partial charge in [-0.1, -0.05) is 5.21 Å². The fourth-order valence-corrected chi connectivity index (χ4v) is 1.65. The molecule has 8 nitrogen and oxygen atoms in total. The maximum atomic E-state index is 11.7. The zero-order valence-electron chi connectivity index (χ0n) is 11.1. The van der Waals surface area contributed by atoms with Gasteiger partial charge in [0.15, 0.2) is 0 Å². The number of nitrogen functional groups attached to an aromatic ring is 1. The van der Waals surface area contributed by atoms with Crippen LogP contribution in [-0.2, 0) is 29.7 Å². The van der Waals surface area contributed by atoms with Crippen LogP contribution in [-0.4, -0.2) is 30.7 Å². The largest absolute Gasteiger partial charge is 0.458 e. The van der Waals surface area contributed by atoms with E-state index in [1.165, 1.54) is 4.68 Å². The van der Waals surface area contributed by atoms with Crippen molar-refractivity contribution in [3.8, 4) is 0 Å². The molecule has 0 fully saturated rings. The lowest BCUT2D eigenvalue weighted by Crippen LogP contribution is -2.15. The summed E-state index contributed by atoms with van der Waals surface area (Å²) in [6.07, 6.45) is 1.69. The molecule has 0 aromatic carbocycles. The zero-order chi connectivity index (χ0) is 14.0. The highest BCUT2D eigenvalue weighted by atomic mass is 16.5. The number of rotatable bonds is 4. The molecule has 2 aromatic rings. The zero-order valence-corrected chi connectivity index (χ0v) is 11.1. The minimum Gasteiger partial charge on any atom is -0.458 e. The van der Waals surface area contributed by atoms with E-state index < -0.39 is 5.97 Å². The molecule has 2 rings (SSSR count). The summed E-state index contributed by atoms with van der Waals surface area (Å²) in [6.45, 7) is 3.74. The van der Waals surface area contributed by atoms with Gasteiger partial charge in [0.05, 0.1) is 23.3 Å². The number of anilines is 1. The summed E-state index contributed by atoms with van der Waals surface area (Å²) in [5, 5.41) is 11.7. The van der Waals surface area contributed by atoms with E-state index in [1.807, 2.05) is 6.92 Å². The average Bonchev–Trinajstić information content (AvgIpc) is 2.88. The van der Waals surface area contributed by atoms with Crippen molar-refractivity contribution >= 4 is 11.7 Å². The molecule has 0 unspecified atom stereocenters. The molecule has 0 bridgehead atoms. The van der Waals surface area contributed by atoms with E-state index in [9.17, 15) is 4.79 Å². The van der Waals surface area contributed by atoms with E-state index in [1.54, 1.807) is 24.9 Å². The SMILES string of the molecule is Cc1nn(CC(=O)OCc2cn(C)nn2)c(C)c1N. The maximum Gasteiger partial charge on any atom is 0.328 e. The Kier molecular flexibility index (Phi) is 3.50. The highest BCUT2D eigenvalue weighted by molar-refractivity contribution is 5.69. The third kappa shape index (κ3) is 2.90. The molecule has 0 aliphatic carbocycles. The topological polar surface area (TPSA) is 101 Å². The summed E-state index contributed by atoms with van der Waals surface area (Å²) >= 11 is 0. The number of aromatic nitrogens is 5. The van der Waals surface area contributed by atoms with Crippen LogP contribution in [0.3, 0.4) is 0 Å². The molecule has 8 heteroatoms. The predicted octanol–water partition coefficient (Wildman–Crippen LogP) is -0.0460. The summed E-state index contributed by atoms with van der Waals surface area (Å²) in [4.78, 5) is 11.7. The molecule has 0 saturated heterocycles. The Balaban J connectivity index is 1.92. The van der Waals surface area contributed by atoms with Gasteiger partial charge in [-0.15, -0.1) is 5.10 Å². The van der Waals surface area contributed by atoms with E-state index in [0.717, 1.165) is 5.69 Å². The molecule has 0 saturated carbocycles. The molecule has 2 N–H and O–H groups in total. The van der Waals surface area contributed by atoms with E-state index in [-0.39, 0.29) is 13.2 Å². The molecule has 0 aliphatic rings. The highest BCUT2D eigenvalue weighted by Crippen LogP contribution is 2.14. The van der Waals surface area contributed by atoms with E-state index in [2.05, 4.69) is 15.4 Å². The first-order valence-corrected chi connectivity index (χ1v) is 5.77. The Morgan fingerprint density at radius 3 is 2.74 bits per heavy atom. The van der Waals surface area contributed by atoms with Crippen molar-refractivity contribution in [2.24, 2.45) is 7.05 Å². The number of carbonyl (C=O) groups excluding carboxylic acids is 1. The normalized spacial score (nSPS) is 10.7. The summed E-state index contributed by atoms with van der Waals surface area (Å²) in [7, 11) is 1.75. The monoisotopic (exact) mass is 264 g/mol. The predicted molar refractivity (Wildman–Crippen MR) is 66.9 cm³/mol. The molecule has 102 valence electrons. The lowest BCUT2D eigenvalue weighted by Gasteiger charge is -2.04. The molecule has 2 heterocycles. The minimum atomic E-state index is -0.392. The number of hydrogen-bond acceptors (Lipinski definition) is 6. The van der Waals surface area contributed by atoms with Crippen LogP contribution < -0.4 is 5.73 Å². The van der Waals surface area contributed by atoms with E-state index >= 15 is 0 Å². The van der Waals surface area contributed by atoms with Crippen molar-refractivity contribution in [3.05, 3.63) is 23.3 Å². The van der Waals surface area contributed by atoms with Gasteiger partial charge >= 0.3 is 5.97 Å². The molecule has 0 atom stereocenters. The van der Waals surface area contributed by atoms with Crippen LogP contribution in [0.15, 0.2) is 6.20 Å². The van der Waals surface area contributed by atoms with Gasteiger partial charge in [-0.2, -0.15) is 5.10 Å². The second-order valence-electron chi connectivity index (χ2n) is 4.29. The maximum absolute atomic E-state index is 11.7. The van der Waals surface area contributed by atoms with Gasteiger partial charge in [0.2, 0.25) is 0 Å². The molecular formula is C11H16N6O2. The van der Waals surface area contributed by atoms with Crippen LogP contribution in [0.1, 0.15) is 17.1 Å². The van der Waals surface area contributed by atoms with Gasteiger partial charge in [-0.05, 0) is 13.8 Å². The second-order valence-corrected chi connectivity index (χ2v) is 4.29. The highest BCUT2D eigenvalue weighted by Gasteiger charge is 2.12. The van der Waals surface area contributed by atoms with Crippen molar-refractivity contribution < 1.29 is 9.53 Å². The Bertz CT molecular complexity index is 600. The minimum absolute atomic E-state index is 0.0319. The molecule has 0 aliphatic heterocycles. The quantitative estimate of drug-likeness (QED) is 0.777. The molecule has 19 heavy (non-hydrogen) atoms. The number of carbonyl (C=O) groups is 1. The molecule has 0 spiro atoms. The van der Waals surface area contributed by atoms with Crippen molar-refractivity contribution in [2.45, 2.75) is 27.0 Å². The first-order valence-electron chi connectivity index (χ1n) is 5.77. The van der Waals surface area contributed by atoms with E-state index in [4.69, 9.17) is 10.5 Å². The van der Waals surface area contributed by atoms with Gasteiger partial charge < -0.3 is 10.5 Å². The number of nitrogens with two attached hydrogens (primary N) is 1. The number of ether oxygens (including phenoxy) is 1. The van der Waals surface area contributed by atoms with Crippen LogP contribution in [0.5, 0.6) is 0 Å². The van der Waals surface area contributed by atoms with Gasteiger partial charge in [0.25, 0.3) is 0 Å². The summed E-state index contributed by atoms with van der Waals surface area (Å²) in [6, 6.07) is 0. The van der Waals surface area contributed by atoms with Crippen LogP contribution in [0.2, 0.25) is 0 Å². The fraction of sp³-hybridized carbons (Fsp3) is 0.455. The number of nitrogens with zero attached hydrogens (tertiary/aromatic N) is 5. The lowest BCUT2D eigenvalue weighted by molar-refractivity contribution is -0.146. The van der Waals surface area contributed by atoms with Crippen molar-refractivity contribution in [1.29, 1.82) is 0 Å². The number of aryl methyl sites for hydroxylation is 2. The van der Waals surface area contributed by atoms with Gasteiger partial charge in [0.1, 0.15) is 18.8 Å². The van der Waals surface area contributed by atoms with Crippen LogP contribution in [0.4, 0.5) is 5.69 Å². The molecule has 2 aromatic heterocycles. The number of hydrogen-bond donors (Lipinski definition) is 1.